The molecule has 5 nitrogen and oxygen atoms in total. The Kier molecular flexibility index (Phi) is 7.06. The summed E-state index contributed by atoms with van der Waals surface area (Å²) in [5.74, 6) is 1.19. The first-order valence-corrected chi connectivity index (χ1v) is 9.66. The molecule has 0 atom stereocenters. The Hall–Kier alpha value is -2.04. The highest BCUT2D eigenvalue weighted by molar-refractivity contribution is 5.96. The summed E-state index contributed by atoms with van der Waals surface area (Å²) in [5.41, 5.74) is 2.61. The summed E-state index contributed by atoms with van der Waals surface area (Å²) in [6, 6.07) is 3.83. The number of nitrogens with zero attached hydrogens (tertiary/aromatic N) is 2. The van der Waals surface area contributed by atoms with Gasteiger partial charge in [0.2, 0.25) is 5.91 Å². The van der Waals surface area contributed by atoms with Crippen LogP contribution in [0, 0.1) is 19.8 Å². The molecule has 0 N–H and O–H groups in total. The molecule has 1 aliphatic rings. The molecule has 2 amide bonds. The van der Waals surface area contributed by atoms with Gasteiger partial charge in [0, 0.05) is 37.7 Å². The summed E-state index contributed by atoms with van der Waals surface area (Å²) < 4.78 is 5.34. The fraction of sp³-hybridized carbons (Fsp3) is 0.619. The molecule has 1 aromatic carbocycles. The van der Waals surface area contributed by atoms with Gasteiger partial charge in [-0.2, -0.15) is 0 Å². The van der Waals surface area contributed by atoms with Crippen LogP contribution >= 0.6 is 0 Å². The average molecular weight is 360 g/mol. The number of aryl methyl sites for hydroxylation is 2. The van der Waals surface area contributed by atoms with Gasteiger partial charge in [0.1, 0.15) is 5.75 Å². The van der Waals surface area contributed by atoms with Gasteiger partial charge in [-0.3, -0.25) is 9.59 Å². The van der Waals surface area contributed by atoms with Crippen molar-refractivity contribution in [2.24, 2.45) is 5.92 Å². The molecule has 1 fully saturated rings. The molecule has 0 saturated carbocycles. The van der Waals surface area contributed by atoms with Crippen LogP contribution in [-0.2, 0) is 4.79 Å². The second-order valence-electron chi connectivity index (χ2n) is 7.12. The second-order valence-corrected chi connectivity index (χ2v) is 7.12. The van der Waals surface area contributed by atoms with Crippen LogP contribution in [0.5, 0.6) is 5.75 Å². The Morgan fingerprint density at radius 2 is 1.62 bits per heavy atom. The van der Waals surface area contributed by atoms with E-state index in [9.17, 15) is 9.59 Å². The summed E-state index contributed by atoms with van der Waals surface area (Å²) >= 11 is 0. The molecule has 1 heterocycles. The third kappa shape index (κ3) is 4.37. The molecule has 0 aromatic heterocycles. The van der Waals surface area contributed by atoms with Crippen molar-refractivity contribution in [2.75, 3.05) is 33.3 Å². The molecule has 2 rings (SSSR count). The highest BCUT2D eigenvalue weighted by Crippen LogP contribution is 2.24. The fourth-order valence-electron chi connectivity index (χ4n) is 3.65. The summed E-state index contributed by atoms with van der Waals surface area (Å²) in [6.45, 7) is 10.7. The van der Waals surface area contributed by atoms with Crippen LogP contribution < -0.4 is 4.74 Å². The molecule has 0 spiro atoms. The Morgan fingerprint density at radius 3 is 2.23 bits per heavy atom. The van der Waals surface area contributed by atoms with Crippen molar-refractivity contribution >= 4 is 11.8 Å². The van der Waals surface area contributed by atoms with Crippen molar-refractivity contribution in [3.8, 4) is 5.75 Å². The smallest absolute Gasteiger partial charge is 0.254 e. The predicted octanol–water partition coefficient (Wildman–Crippen LogP) is 3.42. The minimum Gasteiger partial charge on any atom is -0.496 e. The highest BCUT2D eigenvalue weighted by atomic mass is 16.5. The van der Waals surface area contributed by atoms with Crippen LogP contribution in [0.15, 0.2) is 12.1 Å². The number of amides is 2. The number of carbonyl (C=O) groups excluding carboxylic acids is 2. The number of hydrogen-bond acceptors (Lipinski definition) is 3. The van der Waals surface area contributed by atoms with Crippen LogP contribution in [0.2, 0.25) is 0 Å². The van der Waals surface area contributed by atoms with Crippen LogP contribution in [0.1, 0.15) is 54.6 Å². The molecular formula is C21H32N2O3. The maximum Gasteiger partial charge on any atom is 0.254 e. The van der Waals surface area contributed by atoms with Crippen molar-refractivity contribution in [3.63, 3.8) is 0 Å². The monoisotopic (exact) mass is 360 g/mol. The Labute approximate surface area is 157 Å². The van der Waals surface area contributed by atoms with E-state index in [4.69, 9.17) is 4.74 Å². The average Bonchev–Trinajstić information content (AvgIpc) is 2.89. The van der Waals surface area contributed by atoms with E-state index >= 15 is 0 Å². The van der Waals surface area contributed by atoms with Gasteiger partial charge >= 0.3 is 0 Å². The van der Waals surface area contributed by atoms with Crippen molar-refractivity contribution in [1.29, 1.82) is 0 Å². The largest absolute Gasteiger partial charge is 0.496 e. The third-order valence-electron chi connectivity index (χ3n) is 5.40. The predicted molar refractivity (Wildman–Crippen MR) is 104 cm³/mol. The van der Waals surface area contributed by atoms with E-state index in [0.29, 0.717) is 19.6 Å². The van der Waals surface area contributed by atoms with Crippen LogP contribution in [0.3, 0.4) is 0 Å². The number of methoxy groups -OCH3 is 1. The fourth-order valence-corrected chi connectivity index (χ4v) is 3.65. The molecule has 144 valence electrons. The van der Waals surface area contributed by atoms with Crippen LogP contribution in [0.25, 0.3) is 0 Å². The topological polar surface area (TPSA) is 49.9 Å². The second kappa shape index (κ2) is 9.06. The molecule has 26 heavy (non-hydrogen) atoms. The van der Waals surface area contributed by atoms with E-state index in [1.165, 1.54) is 0 Å². The van der Waals surface area contributed by atoms with E-state index in [1.54, 1.807) is 7.11 Å². The Balaban J connectivity index is 2.10. The van der Waals surface area contributed by atoms with E-state index < -0.39 is 0 Å². The zero-order valence-corrected chi connectivity index (χ0v) is 16.8. The van der Waals surface area contributed by atoms with Crippen LogP contribution in [0.4, 0.5) is 0 Å². The molecule has 0 bridgehead atoms. The highest BCUT2D eigenvalue weighted by Gasteiger charge is 2.26. The lowest BCUT2D eigenvalue weighted by molar-refractivity contribution is -0.135. The molecule has 1 aromatic rings. The molecule has 1 saturated heterocycles. The maximum atomic E-state index is 13.0. The normalized spacial score (nSPS) is 15.2. The van der Waals surface area contributed by atoms with Crippen molar-refractivity contribution in [2.45, 2.75) is 47.0 Å². The van der Waals surface area contributed by atoms with Gasteiger partial charge in [-0.15, -0.1) is 0 Å². The SMILES string of the molecule is CCC(CC)C(=O)N1CCCN(C(=O)c2cc(C)c(OC)cc2C)CC1. The van der Waals surface area contributed by atoms with Gasteiger partial charge in [0.25, 0.3) is 5.91 Å². The summed E-state index contributed by atoms with van der Waals surface area (Å²) in [4.78, 5) is 29.5. The number of carbonyl (C=O) groups is 2. The first-order valence-electron chi connectivity index (χ1n) is 9.66. The summed E-state index contributed by atoms with van der Waals surface area (Å²) in [7, 11) is 1.64. The van der Waals surface area contributed by atoms with Gasteiger partial charge in [-0.25, -0.2) is 0 Å². The molecule has 0 aliphatic carbocycles. The number of benzene rings is 1. The lowest BCUT2D eigenvalue weighted by Crippen LogP contribution is -2.40. The zero-order valence-electron chi connectivity index (χ0n) is 16.8. The Bertz CT molecular complexity index is 653. The zero-order chi connectivity index (χ0) is 19.3. The quantitative estimate of drug-likeness (QED) is 0.808. The van der Waals surface area contributed by atoms with Crippen molar-refractivity contribution in [1.82, 2.24) is 9.80 Å². The number of hydrogen-bond donors (Lipinski definition) is 0. The molecule has 0 radical (unpaired) electrons. The van der Waals surface area contributed by atoms with E-state index in [-0.39, 0.29) is 17.7 Å². The maximum absolute atomic E-state index is 13.0. The summed E-state index contributed by atoms with van der Waals surface area (Å²) in [5, 5.41) is 0. The van der Waals surface area contributed by atoms with Crippen molar-refractivity contribution in [3.05, 3.63) is 28.8 Å². The first kappa shape index (κ1) is 20.3. The van der Waals surface area contributed by atoms with E-state index in [2.05, 4.69) is 13.8 Å². The third-order valence-corrected chi connectivity index (χ3v) is 5.40. The lowest BCUT2D eigenvalue weighted by atomic mass is 10.0. The van der Waals surface area contributed by atoms with Gasteiger partial charge in [-0.05, 0) is 56.4 Å². The minimum atomic E-state index is 0.0464. The number of rotatable bonds is 5. The molecule has 5 heteroatoms. The Morgan fingerprint density at radius 1 is 1.00 bits per heavy atom. The molecule has 1 aliphatic heterocycles. The van der Waals surface area contributed by atoms with Gasteiger partial charge in [0.15, 0.2) is 0 Å². The summed E-state index contributed by atoms with van der Waals surface area (Å²) in [6.07, 6.45) is 2.57. The molecular weight excluding hydrogens is 328 g/mol. The molecule has 0 unspecified atom stereocenters. The first-order chi connectivity index (χ1) is 12.4. The minimum absolute atomic E-state index is 0.0464. The van der Waals surface area contributed by atoms with Crippen LogP contribution in [-0.4, -0.2) is 54.9 Å². The van der Waals surface area contributed by atoms with Gasteiger partial charge in [0.05, 0.1) is 7.11 Å². The van der Waals surface area contributed by atoms with E-state index in [0.717, 1.165) is 48.2 Å². The standard InChI is InChI=1S/C21H32N2O3/c1-6-17(7-2)20(24)22-9-8-10-23(12-11-22)21(25)18-13-16(4)19(26-5)14-15(18)3/h13-14,17H,6-12H2,1-5H3. The van der Waals surface area contributed by atoms with Gasteiger partial charge in [-0.1, -0.05) is 13.8 Å². The lowest BCUT2D eigenvalue weighted by Gasteiger charge is -2.25. The number of ether oxygens (including phenoxy) is 1. The van der Waals surface area contributed by atoms with Crippen molar-refractivity contribution < 1.29 is 14.3 Å². The van der Waals surface area contributed by atoms with Gasteiger partial charge < -0.3 is 14.5 Å². The van der Waals surface area contributed by atoms with E-state index in [1.807, 2.05) is 35.8 Å².